The molecule has 3 nitrogen and oxygen atoms in total. The van der Waals surface area contributed by atoms with Gasteiger partial charge in [-0.15, -0.1) is 0 Å². The van der Waals surface area contributed by atoms with Crippen molar-refractivity contribution in [2.45, 2.75) is 0 Å². The van der Waals surface area contributed by atoms with Crippen molar-refractivity contribution in [3.05, 3.63) is 194 Å². The van der Waals surface area contributed by atoms with Crippen molar-refractivity contribution in [3.63, 3.8) is 0 Å². The maximum Gasteiger partial charge on any atom is 0.160 e. The Morgan fingerprint density at radius 2 is 0.980 bits per heavy atom. The minimum atomic E-state index is 0.858. The summed E-state index contributed by atoms with van der Waals surface area (Å²) in [6.07, 6.45) is 0. The summed E-state index contributed by atoms with van der Waals surface area (Å²) >= 11 is 0. The van der Waals surface area contributed by atoms with E-state index in [9.17, 15) is 0 Å². The monoisotopic (exact) mass is 652 g/mol. The van der Waals surface area contributed by atoms with Crippen LogP contribution in [-0.2, 0) is 0 Å². The van der Waals surface area contributed by atoms with Gasteiger partial charge < -0.3 is 13.9 Å². The molecule has 0 saturated carbocycles. The molecule has 0 fully saturated rings. The van der Waals surface area contributed by atoms with E-state index in [1.54, 1.807) is 0 Å². The largest absolute Gasteiger partial charge is 0.454 e. The van der Waals surface area contributed by atoms with Crippen molar-refractivity contribution in [2.24, 2.45) is 0 Å². The van der Waals surface area contributed by atoms with Gasteiger partial charge in [-0.25, -0.2) is 0 Å². The molecule has 10 aromatic rings. The summed E-state index contributed by atoms with van der Waals surface area (Å²) in [7, 11) is 0. The molecule has 0 atom stereocenters. The lowest BCUT2D eigenvalue weighted by Crippen LogP contribution is -2.11. The zero-order chi connectivity index (χ0) is 33.7. The average Bonchev–Trinajstić information content (AvgIpc) is 3.75. The molecular formula is C48H32N2O. The van der Waals surface area contributed by atoms with Crippen LogP contribution >= 0.6 is 0 Å². The van der Waals surface area contributed by atoms with Crippen molar-refractivity contribution in [1.82, 2.24) is 4.57 Å². The van der Waals surface area contributed by atoms with Crippen molar-refractivity contribution in [2.75, 3.05) is 4.90 Å². The number of rotatable bonds is 6. The van der Waals surface area contributed by atoms with E-state index < -0.39 is 0 Å². The zero-order valence-corrected chi connectivity index (χ0v) is 27.8. The molecule has 0 N–H and O–H groups in total. The highest BCUT2D eigenvalue weighted by Gasteiger charge is 2.26. The molecule has 2 aromatic heterocycles. The number of aromatic nitrogens is 1. The third-order valence-electron chi connectivity index (χ3n) is 9.96. The molecule has 0 aliphatic heterocycles. The Morgan fingerprint density at radius 3 is 1.73 bits per heavy atom. The molecule has 0 unspecified atom stereocenters. The SMILES string of the molecule is c1ccc(-c2ccc(N(c3cccc(-c4ccccc4)c3)c3cc4c(c5ccccc5n4-c4ccccc4)c4c3oc3ccccc34)cc2)cc1. The van der Waals surface area contributed by atoms with Crippen LogP contribution in [0.25, 0.3) is 71.7 Å². The Morgan fingerprint density at radius 1 is 0.392 bits per heavy atom. The number of benzene rings is 8. The number of hydrogen-bond donors (Lipinski definition) is 0. The average molecular weight is 653 g/mol. The van der Waals surface area contributed by atoms with E-state index in [4.69, 9.17) is 4.42 Å². The highest BCUT2D eigenvalue weighted by molar-refractivity contribution is 6.30. The minimum absolute atomic E-state index is 0.858. The maximum atomic E-state index is 6.94. The molecule has 0 radical (unpaired) electrons. The van der Waals surface area contributed by atoms with Gasteiger partial charge in [0.25, 0.3) is 0 Å². The van der Waals surface area contributed by atoms with E-state index >= 15 is 0 Å². The van der Waals surface area contributed by atoms with Crippen LogP contribution in [0.15, 0.2) is 199 Å². The predicted octanol–water partition coefficient (Wildman–Crippen LogP) is 13.5. The van der Waals surface area contributed by atoms with Gasteiger partial charge >= 0.3 is 0 Å². The summed E-state index contributed by atoms with van der Waals surface area (Å²) in [4.78, 5) is 2.36. The van der Waals surface area contributed by atoms with Crippen LogP contribution in [0.2, 0.25) is 0 Å². The molecule has 3 heteroatoms. The van der Waals surface area contributed by atoms with Gasteiger partial charge in [0.15, 0.2) is 5.58 Å². The van der Waals surface area contributed by atoms with E-state index in [0.29, 0.717) is 0 Å². The second-order valence-electron chi connectivity index (χ2n) is 12.9. The fraction of sp³-hybridized carbons (Fsp3) is 0. The number of hydrogen-bond acceptors (Lipinski definition) is 2. The van der Waals surface area contributed by atoms with Gasteiger partial charge in [0.1, 0.15) is 5.58 Å². The number of para-hydroxylation sites is 3. The van der Waals surface area contributed by atoms with E-state index in [-0.39, 0.29) is 0 Å². The zero-order valence-electron chi connectivity index (χ0n) is 27.8. The molecule has 0 bridgehead atoms. The van der Waals surface area contributed by atoms with Crippen molar-refractivity contribution in [1.29, 1.82) is 0 Å². The molecule has 240 valence electrons. The van der Waals surface area contributed by atoms with Crippen molar-refractivity contribution < 1.29 is 4.42 Å². The molecule has 0 amide bonds. The van der Waals surface area contributed by atoms with Crippen molar-refractivity contribution >= 4 is 60.8 Å². The van der Waals surface area contributed by atoms with E-state index in [1.165, 1.54) is 27.5 Å². The standard InChI is InChI=1S/C48H32N2O/c1-4-15-33(16-5-1)35-27-29-38(30-28-35)49(39-22-14-19-36(31-39)34-17-6-2-7-18-34)44-32-43-46(47-41-24-11-13-26-45(41)51-48(44)47)40-23-10-12-25-42(40)50(43)37-20-8-3-9-21-37/h1-32H. The molecule has 0 saturated heterocycles. The Labute approximate surface area is 295 Å². The van der Waals surface area contributed by atoms with Crippen LogP contribution in [0.3, 0.4) is 0 Å². The first-order valence-corrected chi connectivity index (χ1v) is 17.4. The summed E-state index contributed by atoms with van der Waals surface area (Å²) in [5.74, 6) is 0. The summed E-state index contributed by atoms with van der Waals surface area (Å²) in [6, 6.07) is 69.0. The van der Waals surface area contributed by atoms with Gasteiger partial charge in [-0.1, -0.05) is 140 Å². The first kappa shape index (κ1) is 29.1. The third kappa shape index (κ3) is 4.82. The Balaban J connectivity index is 1.32. The first-order chi connectivity index (χ1) is 25.3. The molecule has 10 rings (SSSR count). The lowest BCUT2D eigenvalue weighted by atomic mass is 10.0. The quantitative estimate of drug-likeness (QED) is 0.178. The van der Waals surface area contributed by atoms with Crippen LogP contribution in [0.4, 0.5) is 17.1 Å². The van der Waals surface area contributed by atoms with Crippen LogP contribution in [-0.4, -0.2) is 4.57 Å². The van der Waals surface area contributed by atoms with Gasteiger partial charge in [-0.2, -0.15) is 0 Å². The summed E-state index contributed by atoms with van der Waals surface area (Å²) in [5.41, 5.74) is 12.9. The highest BCUT2D eigenvalue weighted by atomic mass is 16.3. The second kappa shape index (κ2) is 11.9. The van der Waals surface area contributed by atoms with Crippen LogP contribution in [0.5, 0.6) is 0 Å². The van der Waals surface area contributed by atoms with Crippen LogP contribution < -0.4 is 4.90 Å². The third-order valence-corrected chi connectivity index (χ3v) is 9.96. The fourth-order valence-corrected chi connectivity index (χ4v) is 7.67. The lowest BCUT2D eigenvalue weighted by molar-refractivity contribution is 0.669. The first-order valence-electron chi connectivity index (χ1n) is 17.4. The Bertz CT molecular complexity index is 2830. The number of anilines is 3. The second-order valence-corrected chi connectivity index (χ2v) is 12.9. The fourth-order valence-electron chi connectivity index (χ4n) is 7.67. The van der Waals surface area contributed by atoms with E-state index in [0.717, 1.165) is 61.3 Å². The van der Waals surface area contributed by atoms with Crippen LogP contribution in [0.1, 0.15) is 0 Å². The smallest absolute Gasteiger partial charge is 0.160 e. The number of nitrogens with zero attached hydrogens (tertiary/aromatic N) is 2. The van der Waals surface area contributed by atoms with E-state index in [2.05, 4.69) is 204 Å². The minimum Gasteiger partial charge on any atom is -0.454 e. The van der Waals surface area contributed by atoms with Gasteiger partial charge in [-0.3, -0.25) is 0 Å². The van der Waals surface area contributed by atoms with Gasteiger partial charge in [0, 0.05) is 38.6 Å². The maximum absolute atomic E-state index is 6.94. The predicted molar refractivity (Wildman–Crippen MR) is 214 cm³/mol. The Kier molecular flexibility index (Phi) is 6.81. The molecule has 2 heterocycles. The van der Waals surface area contributed by atoms with Gasteiger partial charge in [0.2, 0.25) is 0 Å². The van der Waals surface area contributed by atoms with E-state index in [1.807, 2.05) is 0 Å². The summed E-state index contributed by atoms with van der Waals surface area (Å²) in [5, 5.41) is 4.61. The molecular weight excluding hydrogens is 621 g/mol. The summed E-state index contributed by atoms with van der Waals surface area (Å²) < 4.78 is 9.33. The number of furan rings is 1. The summed E-state index contributed by atoms with van der Waals surface area (Å²) in [6.45, 7) is 0. The topological polar surface area (TPSA) is 21.3 Å². The molecule has 0 spiro atoms. The van der Waals surface area contributed by atoms with Crippen LogP contribution in [0, 0.1) is 0 Å². The normalized spacial score (nSPS) is 11.5. The van der Waals surface area contributed by atoms with Gasteiger partial charge in [-0.05, 0) is 76.9 Å². The number of fused-ring (bicyclic) bond motifs is 7. The Hall–Kier alpha value is -6.84. The molecule has 0 aliphatic carbocycles. The molecule has 8 aromatic carbocycles. The van der Waals surface area contributed by atoms with Crippen molar-refractivity contribution in [3.8, 4) is 27.9 Å². The van der Waals surface area contributed by atoms with Gasteiger partial charge in [0.05, 0.1) is 16.7 Å². The lowest BCUT2D eigenvalue weighted by Gasteiger charge is -2.27. The highest BCUT2D eigenvalue weighted by Crippen LogP contribution is 2.49. The molecule has 51 heavy (non-hydrogen) atoms. The molecule has 0 aliphatic rings.